The van der Waals surface area contributed by atoms with E-state index in [1.165, 1.54) is 19.5 Å². The van der Waals surface area contributed by atoms with E-state index in [4.69, 9.17) is 27.0 Å². The van der Waals surface area contributed by atoms with Crippen LogP contribution in [-0.2, 0) is 22.1 Å². The SMILES string of the molecule is CNCCOC.CNc1ccc2c(c1)N[C@@H](I=O)CCCC[C@H](NC)c1nc(C#N)c-2[nH]1.COC=O.NNC=Nc1ccc(Cl)cc1/C=C/C=O. The van der Waals surface area contributed by atoms with Crippen molar-refractivity contribution in [3.05, 3.63) is 64.6 Å². The number of nitrogens with one attached hydrogen (secondary N) is 6. The van der Waals surface area contributed by atoms with Crippen molar-refractivity contribution in [1.29, 1.82) is 5.26 Å². The molecule has 2 atom stereocenters. The Bertz CT molecular complexity index is 1580. The summed E-state index contributed by atoms with van der Waals surface area (Å²) in [6.45, 7) is 2.12. The maximum atomic E-state index is 11.8. The molecule has 2 aromatic carbocycles. The van der Waals surface area contributed by atoms with Crippen molar-refractivity contribution in [3.63, 3.8) is 0 Å². The molecule has 0 unspecified atom stereocenters. The summed E-state index contributed by atoms with van der Waals surface area (Å²) in [5.74, 6) is 5.84. The summed E-state index contributed by atoms with van der Waals surface area (Å²) in [5.41, 5.74) is 7.51. The van der Waals surface area contributed by atoms with E-state index in [0.717, 1.165) is 67.2 Å². The number of likely N-dealkylation sites (N-methyl/N-ethyl adjacent to an activating group) is 1. The third kappa shape index (κ3) is 16.5. The van der Waals surface area contributed by atoms with E-state index < -0.39 is 21.2 Å². The molecule has 2 bridgehead atoms. The number of allylic oxidation sites excluding steroid dienone is 1. The van der Waals surface area contributed by atoms with Gasteiger partial charge in [0.05, 0.1) is 31.1 Å². The van der Waals surface area contributed by atoms with Crippen LogP contribution in [0.4, 0.5) is 17.1 Å². The number of rotatable bonds is 11. The molecule has 4 rings (SSSR count). The zero-order valence-electron chi connectivity index (χ0n) is 29.5. The number of aliphatic imine (C=N–C) groups is 1. The number of hydrogen-bond donors (Lipinski definition) is 7. The van der Waals surface area contributed by atoms with Gasteiger partial charge in [-0.15, -0.1) is 0 Å². The van der Waals surface area contributed by atoms with E-state index in [9.17, 15) is 13.1 Å². The van der Waals surface area contributed by atoms with E-state index in [2.05, 4.69) is 52.5 Å². The first-order valence-corrected chi connectivity index (χ1v) is 18.3. The smallest absolute Gasteiger partial charge is 0.292 e. The predicted octanol–water partition coefficient (Wildman–Crippen LogP) is 5.20. The second kappa shape index (κ2) is 27.5. The molecule has 0 fully saturated rings. The van der Waals surface area contributed by atoms with Crippen LogP contribution < -0.4 is 32.5 Å². The Balaban J connectivity index is 0.000000436. The van der Waals surface area contributed by atoms with E-state index >= 15 is 0 Å². The van der Waals surface area contributed by atoms with E-state index in [-0.39, 0.29) is 10.1 Å². The Hall–Kier alpha value is -4.25. The van der Waals surface area contributed by atoms with E-state index in [1.54, 1.807) is 31.4 Å². The number of nitriles is 1. The Morgan fingerprint density at radius 1 is 1.16 bits per heavy atom. The highest BCUT2D eigenvalue weighted by Crippen LogP contribution is 2.35. The van der Waals surface area contributed by atoms with Crippen molar-refractivity contribution in [2.45, 2.75) is 35.8 Å². The third-order valence-electron chi connectivity index (χ3n) is 6.98. The lowest BCUT2D eigenvalue weighted by Gasteiger charge is -2.19. The van der Waals surface area contributed by atoms with Gasteiger partial charge in [0, 0.05) is 48.2 Å². The number of imidazole rings is 1. The summed E-state index contributed by atoms with van der Waals surface area (Å²) >= 11 is 4.63. The third-order valence-corrected chi connectivity index (χ3v) is 8.76. The number of ether oxygens (including phenoxy) is 2. The molecule has 0 aliphatic carbocycles. The monoisotopic (exact) mass is 838 g/mol. The number of fused-ring (bicyclic) bond motifs is 4. The van der Waals surface area contributed by atoms with Gasteiger partial charge in [-0.2, -0.15) is 5.26 Å². The number of carbonyl (C=O) groups is 2. The first kappa shape index (κ1) is 44.8. The number of hydrogen-bond acceptors (Lipinski definition) is 13. The molecule has 8 N–H and O–H groups in total. The molecule has 15 nitrogen and oxygen atoms in total. The molecule has 1 aromatic heterocycles. The number of aldehydes is 1. The minimum Gasteiger partial charge on any atom is -0.471 e. The Morgan fingerprint density at radius 3 is 2.47 bits per heavy atom. The number of aromatic amines is 1. The Morgan fingerprint density at radius 2 is 1.90 bits per heavy atom. The first-order valence-electron chi connectivity index (χ1n) is 15.8. The van der Waals surface area contributed by atoms with Gasteiger partial charge in [0.15, 0.2) is 26.9 Å². The van der Waals surface area contributed by atoms with Gasteiger partial charge in [-0.05, 0) is 75.5 Å². The number of aromatic nitrogens is 2. The van der Waals surface area contributed by atoms with Crippen molar-refractivity contribution in [2.24, 2.45) is 10.8 Å². The normalized spacial score (nSPS) is 14.9. The number of nitrogens with two attached hydrogens (primary N) is 1. The van der Waals surface area contributed by atoms with Crippen LogP contribution in [0, 0.1) is 11.3 Å². The Kier molecular flexibility index (Phi) is 24.1. The number of benzene rings is 2. The highest BCUT2D eigenvalue weighted by atomic mass is 127. The zero-order chi connectivity index (χ0) is 37.9. The molecule has 2 heterocycles. The minimum absolute atomic E-state index is 0.0277. The Labute approximate surface area is 314 Å². The minimum atomic E-state index is -1.19. The van der Waals surface area contributed by atoms with Crippen LogP contribution in [-0.4, -0.2) is 81.6 Å². The largest absolute Gasteiger partial charge is 0.471 e. The van der Waals surface area contributed by atoms with Crippen LogP contribution in [0.15, 0.2) is 47.5 Å². The summed E-state index contributed by atoms with van der Waals surface area (Å²) in [6, 6.07) is 13.4. The molecule has 17 heteroatoms. The number of nitrogens with zero attached hydrogens (tertiary/aromatic N) is 3. The maximum Gasteiger partial charge on any atom is 0.292 e. The van der Waals surface area contributed by atoms with Crippen LogP contribution in [0.5, 0.6) is 0 Å². The number of H-pyrrole nitrogens is 1. The molecule has 1 aliphatic rings. The van der Waals surface area contributed by atoms with Crippen molar-refractivity contribution in [1.82, 2.24) is 26.0 Å². The van der Waals surface area contributed by atoms with Crippen molar-refractivity contribution < 1.29 is 22.1 Å². The molecule has 0 spiro atoms. The second-order valence-corrected chi connectivity index (χ2v) is 12.8. The fraction of sp³-hybridized carbons (Fsp3) is 0.382. The predicted molar refractivity (Wildman–Crippen MR) is 212 cm³/mol. The van der Waals surface area contributed by atoms with Crippen molar-refractivity contribution >= 4 is 75.0 Å². The van der Waals surface area contributed by atoms with Crippen LogP contribution in [0.25, 0.3) is 17.3 Å². The number of halogens is 2. The highest BCUT2D eigenvalue weighted by Gasteiger charge is 2.22. The average Bonchev–Trinajstić information content (AvgIpc) is 3.59. The molecule has 278 valence electrons. The van der Waals surface area contributed by atoms with Gasteiger partial charge in [-0.25, -0.2) is 15.8 Å². The maximum absolute atomic E-state index is 11.8. The first-order chi connectivity index (χ1) is 24.8. The second-order valence-electron chi connectivity index (χ2n) is 10.3. The lowest BCUT2D eigenvalue weighted by Crippen LogP contribution is -2.19. The quantitative estimate of drug-likeness (QED) is 0.0126. The number of anilines is 2. The number of carbonyl (C=O) groups excluding carboxylic acids is 2. The summed E-state index contributed by atoms with van der Waals surface area (Å²) < 4.78 is 20.3. The molecule has 3 aromatic rings. The van der Waals surface area contributed by atoms with Gasteiger partial charge in [-0.3, -0.25) is 12.7 Å². The van der Waals surface area contributed by atoms with Crippen LogP contribution >= 0.6 is 32.8 Å². The molecular weight excluding hydrogens is 791 g/mol. The molecule has 0 saturated heterocycles. The number of hydrazine groups is 1. The van der Waals surface area contributed by atoms with Gasteiger partial charge in [0.25, 0.3) is 6.47 Å². The number of methoxy groups -OCH3 is 2. The standard InChI is InChI=1S/C18H23IN6O.C10H10ClN3O.C4H11NO.C2H4O2/c1-21-11-7-8-12-14(9-11)23-16(19-26)6-4-3-5-13(22-2)18-24-15(10-20)17(12)25-18;11-9-3-4-10(13-7-14-12)8(6-9)2-1-5-15;1-5-3-4-6-2;1-4-2-3/h7-9,13,16,21-23H,3-6H2,1-2H3,(H,24,25);1-7H,12H2,(H,13,14);5H,3-4H2,1-2H3;2H,1H3/b;2-1+;;/t13-,16+;;;/m0.../s1. The van der Waals surface area contributed by atoms with Crippen LogP contribution in [0.2, 0.25) is 5.02 Å². The molecule has 0 amide bonds. The van der Waals surface area contributed by atoms with Crippen LogP contribution in [0.3, 0.4) is 0 Å². The molecule has 1 aliphatic heterocycles. The van der Waals surface area contributed by atoms with E-state index in [0.29, 0.717) is 34.9 Å². The summed E-state index contributed by atoms with van der Waals surface area (Å²) in [5, 5.41) is 23.0. The summed E-state index contributed by atoms with van der Waals surface area (Å²) in [7, 11) is 8.68. The van der Waals surface area contributed by atoms with E-state index in [1.807, 2.05) is 39.3 Å². The molecular formula is C34H48ClIN10O5. The summed E-state index contributed by atoms with van der Waals surface area (Å²) in [4.78, 5) is 31.1. The van der Waals surface area contributed by atoms with Gasteiger partial charge >= 0.3 is 0 Å². The molecule has 51 heavy (non-hydrogen) atoms. The van der Waals surface area contributed by atoms with Crippen molar-refractivity contribution in [3.8, 4) is 17.3 Å². The zero-order valence-corrected chi connectivity index (χ0v) is 32.4. The average molecular weight is 839 g/mol. The van der Waals surface area contributed by atoms with Gasteiger partial charge < -0.3 is 41.2 Å². The summed E-state index contributed by atoms with van der Waals surface area (Å²) in [6.07, 6.45) is 8.84. The van der Waals surface area contributed by atoms with Gasteiger partial charge in [0.1, 0.15) is 28.6 Å². The molecule has 0 saturated carbocycles. The lowest BCUT2D eigenvalue weighted by molar-refractivity contribution is -0.126. The topological polar surface area (TPSA) is 221 Å². The lowest BCUT2D eigenvalue weighted by atomic mass is 10.1. The molecule has 0 radical (unpaired) electrons. The fourth-order valence-corrected chi connectivity index (χ4v) is 5.84. The number of alkyl halides is 1. The highest BCUT2D eigenvalue weighted by molar-refractivity contribution is 14.1. The van der Waals surface area contributed by atoms with Crippen molar-refractivity contribution in [2.75, 3.05) is 59.1 Å². The van der Waals surface area contributed by atoms with Gasteiger partial charge in [-0.1, -0.05) is 24.4 Å². The fourth-order valence-electron chi connectivity index (χ4n) is 4.50. The van der Waals surface area contributed by atoms with Gasteiger partial charge in [0.2, 0.25) is 0 Å². The van der Waals surface area contributed by atoms with Crippen LogP contribution in [0.1, 0.15) is 48.8 Å².